The standard InChI is InChI=1S/C19H32N4O4.HI/c1-4-20-19(22-10-5-13-27-15-14-25-2)23-12-11-21-18(24)16-6-8-17(26-3)9-7-16;/h6-9H,4-5,10-15H2,1-3H3,(H,21,24)(H2,20,22,23);1H. The molecular weight excluding hydrogens is 475 g/mol. The first kappa shape index (κ1) is 26.4. The highest BCUT2D eigenvalue weighted by molar-refractivity contribution is 14.0. The lowest BCUT2D eigenvalue weighted by atomic mass is 10.2. The quantitative estimate of drug-likeness (QED) is 0.163. The number of nitrogens with one attached hydrogen (secondary N) is 3. The van der Waals surface area contributed by atoms with Gasteiger partial charge < -0.3 is 30.2 Å². The molecular formula is C19H33IN4O4. The molecule has 0 aliphatic rings. The zero-order chi connectivity index (χ0) is 19.7. The van der Waals surface area contributed by atoms with E-state index in [1.165, 1.54) is 0 Å². The van der Waals surface area contributed by atoms with Gasteiger partial charge in [0.05, 0.1) is 20.3 Å². The summed E-state index contributed by atoms with van der Waals surface area (Å²) in [6.45, 7) is 6.39. The van der Waals surface area contributed by atoms with Crippen LogP contribution in [0.15, 0.2) is 29.3 Å². The van der Waals surface area contributed by atoms with E-state index in [0.29, 0.717) is 45.0 Å². The van der Waals surface area contributed by atoms with Gasteiger partial charge in [-0.3, -0.25) is 9.79 Å². The van der Waals surface area contributed by atoms with Crippen LogP contribution in [0.5, 0.6) is 5.75 Å². The van der Waals surface area contributed by atoms with Gasteiger partial charge in [0.2, 0.25) is 0 Å². The molecule has 1 amide bonds. The van der Waals surface area contributed by atoms with Crippen molar-refractivity contribution in [3.8, 4) is 5.75 Å². The fourth-order valence-electron chi connectivity index (χ4n) is 2.14. The van der Waals surface area contributed by atoms with Gasteiger partial charge in [-0.05, 0) is 37.6 Å². The van der Waals surface area contributed by atoms with Gasteiger partial charge in [-0.2, -0.15) is 0 Å². The summed E-state index contributed by atoms with van der Waals surface area (Å²) in [5.74, 6) is 1.34. The molecule has 3 N–H and O–H groups in total. The maximum absolute atomic E-state index is 12.1. The number of ether oxygens (including phenoxy) is 3. The number of aliphatic imine (C=N–C) groups is 1. The first-order valence-electron chi connectivity index (χ1n) is 9.22. The second-order valence-corrected chi connectivity index (χ2v) is 5.63. The number of carbonyl (C=O) groups is 1. The predicted molar refractivity (Wildman–Crippen MR) is 122 cm³/mol. The van der Waals surface area contributed by atoms with E-state index in [2.05, 4.69) is 20.9 Å². The number of halogens is 1. The number of amides is 1. The molecule has 28 heavy (non-hydrogen) atoms. The Bertz CT molecular complexity index is 555. The van der Waals surface area contributed by atoms with E-state index >= 15 is 0 Å². The summed E-state index contributed by atoms with van der Waals surface area (Å²) in [6.07, 6.45) is 0.842. The Kier molecular flexibility index (Phi) is 16.5. The van der Waals surface area contributed by atoms with Gasteiger partial charge in [0, 0.05) is 45.5 Å². The third-order valence-corrected chi connectivity index (χ3v) is 3.55. The fraction of sp³-hybridized carbons (Fsp3) is 0.579. The molecule has 1 aromatic rings. The minimum Gasteiger partial charge on any atom is -0.497 e. The number of carbonyl (C=O) groups excluding carboxylic acids is 1. The predicted octanol–water partition coefficient (Wildman–Crippen LogP) is 1.65. The topological polar surface area (TPSA) is 93.2 Å². The van der Waals surface area contributed by atoms with Crippen molar-refractivity contribution in [3.63, 3.8) is 0 Å². The number of nitrogens with zero attached hydrogens (tertiary/aromatic N) is 1. The Hall–Kier alpha value is -1.59. The minimum absolute atomic E-state index is 0. The van der Waals surface area contributed by atoms with Crippen LogP contribution in [0.2, 0.25) is 0 Å². The van der Waals surface area contributed by atoms with Crippen molar-refractivity contribution in [2.75, 3.05) is 60.2 Å². The van der Waals surface area contributed by atoms with E-state index in [4.69, 9.17) is 14.2 Å². The van der Waals surface area contributed by atoms with Crippen LogP contribution < -0.4 is 20.7 Å². The molecule has 0 heterocycles. The number of methoxy groups -OCH3 is 2. The van der Waals surface area contributed by atoms with Crippen LogP contribution in [0, 0.1) is 0 Å². The van der Waals surface area contributed by atoms with E-state index in [9.17, 15) is 4.79 Å². The average molecular weight is 508 g/mol. The molecule has 0 fully saturated rings. The van der Waals surface area contributed by atoms with Crippen LogP contribution in [-0.2, 0) is 9.47 Å². The SMILES string of the molecule is CCNC(=NCCCOCCOC)NCCNC(=O)c1ccc(OC)cc1.I. The molecule has 0 atom stereocenters. The molecule has 0 unspecified atom stereocenters. The maximum Gasteiger partial charge on any atom is 0.251 e. The summed E-state index contributed by atoms with van der Waals surface area (Å²) in [5, 5.41) is 9.25. The van der Waals surface area contributed by atoms with E-state index in [0.717, 1.165) is 24.7 Å². The molecule has 0 bridgehead atoms. The van der Waals surface area contributed by atoms with Crippen molar-refractivity contribution in [3.05, 3.63) is 29.8 Å². The van der Waals surface area contributed by atoms with Crippen LogP contribution in [0.1, 0.15) is 23.7 Å². The Labute approximate surface area is 184 Å². The van der Waals surface area contributed by atoms with E-state index in [-0.39, 0.29) is 29.9 Å². The molecule has 0 radical (unpaired) electrons. The van der Waals surface area contributed by atoms with Gasteiger partial charge in [0.15, 0.2) is 5.96 Å². The van der Waals surface area contributed by atoms with Crippen molar-refractivity contribution in [2.45, 2.75) is 13.3 Å². The molecule has 9 heteroatoms. The maximum atomic E-state index is 12.1. The van der Waals surface area contributed by atoms with E-state index < -0.39 is 0 Å². The van der Waals surface area contributed by atoms with Crippen molar-refractivity contribution >= 4 is 35.8 Å². The minimum atomic E-state index is -0.116. The molecule has 0 aromatic heterocycles. The first-order valence-corrected chi connectivity index (χ1v) is 9.22. The summed E-state index contributed by atoms with van der Waals surface area (Å²) in [6, 6.07) is 7.01. The molecule has 0 saturated heterocycles. The van der Waals surface area contributed by atoms with Gasteiger partial charge in [-0.25, -0.2) is 0 Å². The molecule has 0 spiro atoms. The third-order valence-electron chi connectivity index (χ3n) is 3.55. The van der Waals surface area contributed by atoms with Gasteiger partial charge in [0.25, 0.3) is 5.91 Å². The summed E-state index contributed by atoms with van der Waals surface area (Å²) < 4.78 is 15.4. The highest BCUT2D eigenvalue weighted by atomic mass is 127. The molecule has 160 valence electrons. The third kappa shape index (κ3) is 12.0. The van der Waals surface area contributed by atoms with Crippen LogP contribution in [0.25, 0.3) is 0 Å². The van der Waals surface area contributed by atoms with Crippen molar-refractivity contribution < 1.29 is 19.0 Å². The molecule has 1 rings (SSSR count). The number of benzene rings is 1. The summed E-state index contributed by atoms with van der Waals surface area (Å²) >= 11 is 0. The Balaban J connectivity index is 0.00000729. The lowest BCUT2D eigenvalue weighted by molar-refractivity contribution is 0.0702. The normalized spacial score (nSPS) is 10.8. The zero-order valence-electron chi connectivity index (χ0n) is 17.0. The zero-order valence-corrected chi connectivity index (χ0v) is 19.3. The molecule has 1 aromatic carbocycles. The lowest BCUT2D eigenvalue weighted by Gasteiger charge is -2.12. The van der Waals surface area contributed by atoms with Crippen molar-refractivity contribution in [1.82, 2.24) is 16.0 Å². The van der Waals surface area contributed by atoms with Crippen molar-refractivity contribution in [2.24, 2.45) is 4.99 Å². The van der Waals surface area contributed by atoms with Gasteiger partial charge in [-0.15, -0.1) is 24.0 Å². The van der Waals surface area contributed by atoms with E-state index in [1.807, 2.05) is 6.92 Å². The monoisotopic (exact) mass is 508 g/mol. The van der Waals surface area contributed by atoms with Crippen LogP contribution >= 0.6 is 24.0 Å². The number of hydrogen-bond donors (Lipinski definition) is 3. The van der Waals surface area contributed by atoms with Gasteiger partial charge >= 0.3 is 0 Å². The van der Waals surface area contributed by atoms with Gasteiger partial charge in [0.1, 0.15) is 5.75 Å². The second kappa shape index (κ2) is 17.5. The largest absolute Gasteiger partial charge is 0.497 e. The second-order valence-electron chi connectivity index (χ2n) is 5.63. The summed E-state index contributed by atoms with van der Waals surface area (Å²) in [7, 11) is 3.25. The Morgan fingerprint density at radius 3 is 2.36 bits per heavy atom. The van der Waals surface area contributed by atoms with Crippen LogP contribution in [0.3, 0.4) is 0 Å². The summed E-state index contributed by atoms with van der Waals surface area (Å²) in [5.41, 5.74) is 0.602. The molecule has 0 saturated carbocycles. The lowest BCUT2D eigenvalue weighted by Crippen LogP contribution is -2.41. The Morgan fingerprint density at radius 2 is 1.71 bits per heavy atom. The van der Waals surface area contributed by atoms with Crippen LogP contribution in [0.4, 0.5) is 0 Å². The Morgan fingerprint density at radius 1 is 1.00 bits per heavy atom. The number of rotatable bonds is 13. The number of guanidine groups is 1. The van der Waals surface area contributed by atoms with E-state index in [1.54, 1.807) is 38.5 Å². The van der Waals surface area contributed by atoms with Gasteiger partial charge in [-0.1, -0.05) is 0 Å². The van der Waals surface area contributed by atoms with Crippen LogP contribution in [-0.4, -0.2) is 72.1 Å². The highest BCUT2D eigenvalue weighted by Crippen LogP contribution is 2.10. The fourth-order valence-corrected chi connectivity index (χ4v) is 2.14. The molecule has 0 aliphatic carbocycles. The number of hydrogen-bond acceptors (Lipinski definition) is 5. The first-order chi connectivity index (χ1) is 13.2. The summed E-state index contributed by atoms with van der Waals surface area (Å²) in [4.78, 5) is 16.6. The molecule has 0 aliphatic heterocycles. The smallest absolute Gasteiger partial charge is 0.251 e. The van der Waals surface area contributed by atoms with Crippen molar-refractivity contribution in [1.29, 1.82) is 0 Å². The highest BCUT2D eigenvalue weighted by Gasteiger charge is 2.05. The molecule has 8 nitrogen and oxygen atoms in total. The average Bonchev–Trinajstić information content (AvgIpc) is 2.70.